The fourth-order valence-corrected chi connectivity index (χ4v) is 2.96. The Morgan fingerprint density at radius 2 is 1.78 bits per heavy atom. The van der Waals surface area contributed by atoms with Crippen molar-refractivity contribution in [1.82, 2.24) is 0 Å². The third-order valence-corrected chi connectivity index (χ3v) is 4.18. The van der Waals surface area contributed by atoms with Crippen molar-refractivity contribution in [3.8, 4) is 11.5 Å². The van der Waals surface area contributed by atoms with Crippen molar-refractivity contribution in [3.63, 3.8) is 0 Å². The minimum Gasteiger partial charge on any atom is -0.457 e. The molecule has 1 aliphatic rings. The molecule has 0 spiro atoms. The molecule has 0 unspecified atom stereocenters. The number of benzene rings is 2. The summed E-state index contributed by atoms with van der Waals surface area (Å²) in [6.07, 6.45) is 0. The Morgan fingerprint density at radius 1 is 1.00 bits per heavy atom. The van der Waals surface area contributed by atoms with Gasteiger partial charge in [-0.2, -0.15) is 0 Å². The fourth-order valence-electron chi connectivity index (χ4n) is 2.44. The summed E-state index contributed by atoms with van der Waals surface area (Å²) in [6.45, 7) is 4.40. The summed E-state index contributed by atoms with van der Waals surface area (Å²) in [4.78, 5) is 0. The highest BCUT2D eigenvalue weighted by atomic mass is 79.9. The molecule has 0 saturated heterocycles. The largest absolute Gasteiger partial charge is 0.457 e. The highest BCUT2D eigenvalue weighted by Gasteiger charge is 2.34. The molecule has 0 aromatic heterocycles. The van der Waals surface area contributed by atoms with Crippen LogP contribution in [0, 0.1) is 0 Å². The number of hydrogen-bond acceptors (Lipinski definition) is 1. The molecule has 2 aromatic carbocycles. The first-order valence-corrected chi connectivity index (χ1v) is 6.93. The van der Waals surface area contributed by atoms with Gasteiger partial charge in [0.25, 0.3) is 0 Å². The van der Waals surface area contributed by atoms with Crippen molar-refractivity contribution in [2.45, 2.75) is 19.3 Å². The van der Waals surface area contributed by atoms with Gasteiger partial charge in [-0.05, 0) is 30.3 Å². The molecule has 2 aromatic rings. The molecule has 0 amide bonds. The summed E-state index contributed by atoms with van der Waals surface area (Å²) in [6, 6.07) is 11.9. The summed E-state index contributed by atoms with van der Waals surface area (Å²) in [5.74, 6) is 1.75. The predicted octanol–water partition coefficient (Wildman–Crippen LogP) is 5.53. The van der Waals surface area contributed by atoms with Crippen molar-refractivity contribution in [1.29, 1.82) is 0 Å². The third kappa shape index (κ3) is 1.75. The van der Waals surface area contributed by atoms with E-state index in [4.69, 9.17) is 16.3 Å². The van der Waals surface area contributed by atoms with Crippen LogP contribution in [0.3, 0.4) is 0 Å². The summed E-state index contributed by atoms with van der Waals surface area (Å²) >= 11 is 9.55. The molecule has 0 N–H and O–H groups in total. The molecule has 0 saturated carbocycles. The average molecular weight is 324 g/mol. The lowest BCUT2D eigenvalue weighted by molar-refractivity contribution is 0.418. The fraction of sp³-hybridized carbons (Fsp3) is 0.200. The van der Waals surface area contributed by atoms with Crippen LogP contribution in [0.4, 0.5) is 0 Å². The smallest absolute Gasteiger partial charge is 0.133 e. The van der Waals surface area contributed by atoms with E-state index in [1.54, 1.807) is 0 Å². The van der Waals surface area contributed by atoms with Crippen LogP contribution in [0.1, 0.15) is 25.0 Å². The van der Waals surface area contributed by atoms with E-state index in [-0.39, 0.29) is 5.41 Å². The monoisotopic (exact) mass is 322 g/mol. The SMILES string of the molecule is CC1(C)c2ccc(Cl)cc2Oc2ccc(Br)cc21. The van der Waals surface area contributed by atoms with Gasteiger partial charge in [-0.1, -0.05) is 47.4 Å². The van der Waals surface area contributed by atoms with Crippen LogP contribution < -0.4 is 4.74 Å². The van der Waals surface area contributed by atoms with Gasteiger partial charge in [-0.3, -0.25) is 0 Å². The van der Waals surface area contributed by atoms with Gasteiger partial charge in [-0.15, -0.1) is 0 Å². The van der Waals surface area contributed by atoms with Crippen LogP contribution in [-0.2, 0) is 5.41 Å². The zero-order valence-electron chi connectivity index (χ0n) is 10.1. The van der Waals surface area contributed by atoms with Gasteiger partial charge in [0, 0.05) is 26.0 Å². The topological polar surface area (TPSA) is 9.23 Å². The molecular weight excluding hydrogens is 312 g/mol. The lowest BCUT2D eigenvalue weighted by atomic mass is 9.76. The quantitative estimate of drug-likeness (QED) is 0.619. The van der Waals surface area contributed by atoms with E-state index in [0.29, 0.717) is 5.02 Å². The van der Waals surface area contributed by atoms with Crippen LogP contribution in [0.15, 0.2) is 40.9 Å². The van der Waals surface area contributed by atoms with Crippen molar-refractivity contribution in [2.75, 3.05) is 0 Å². The lowest BCUT2D eigenvalue weighted by Gasteiger charge is -2.34. The predicted molar refractivity (Wildman–Crippen MR) is 77.8 cm³/mol. The van der Waals surface area contributed by atoms with Gasteiger partial charge in [0.15, 0.2) is 0 Å². The zero-order valence-corrected chi connectivity index (χ0v) is 12.5. The standard InChI is InChI=1S/C15H12BrClO/c1-15(2)11-5-4-10(17)8-14(11)18-13-6-3-9(16)7-12(13)15/h3-8H,1-2H3. The molecule has 0 atom stereocenters. The van der Waals surface area contributed by atoms with Gasteiger partial charge >= 0.3 is 0 Å². The summed E-state index contributed by atoms with van der Waals surface area (Å²) < 4.78 is 7.01. The Kier molecular flexibility index (Phi) is 2.68. The van der Waals surface area contributed by atoms with Gasteiger partial charge in [-0.25, -0.2) is 0 Å². The van der Waals surface area contributed by atoms with E-state index >= 15 is 0 Å². The maximum Gasteiger partial charge on any atom is 0.133 e. The minimum atomic E-state index is -0.0860. The second-order valence-corrected chi connectivity index (χ2v) is 6.36. The minimum absolute atomic E-state index is 0.0860. The Morgan fingerprint density at radius 3 is 2.56 bits per heavy atom. The second-order valence-electron chi connectivity index (χ2n) is 5.01. The Labute approximate surface area is 120 Å². The molecule has 0 aliphatic carbocycles. The average Bonchev–Trinajstić information content (AvgIpc) is 2.30. The molecule has 3 rings (SSSR count). The maximum atomic E-state index is 6.03. The van der Waals surface area contributed by atoms with Crippen molar-refractivity contribution in [2.24, 2.45) is 0 Å². The van der Waals surface area contributed by atoms with Gasteiger partial charge in [0.2, 0.25) is 0 Å². The maximum absolute atomic E-state index is 6.03. The zero-order chi connectivity index (χ0) is 12.9. The molecule has 0 bridgehead atoms. The molecule has 18 heavy (non-hydrogen) atoms. The molecule has 1 nitrogen and oxygen atoms in total. The first-order chi connectivity index (χ1) is 8.48. The van der Waals surface area contributed by atoms with Crippen molar-refractivity contribution in [3.05, 3.63) is 57.0 Å². The first kappa shape index (κ1) is 12.1. The highest BCUT2D eigenvalue weighted by Crippen LogP contribution is 2.48. The van der Waals surface area contributed by atoms with Crippen LogP contribution >= 0.6 is 27.5 Å². The number of hydrogen-bond donors (Lipinski definition) is 0. The van der Waals surface area contributed by atoms with E-state index in [2.05, 4.69) is 35.8 Å². The van der Waals surface area contributed by atoms with Crippen LogP contribution in [0.2, 0.25) is 5.02 Å². The van der Waals surface area contributed by atoms with Crippen molar-refractivity contribution < 1.29 is 4.74 Å². The number of rotatable bonds is 0. The summed E-state index contributed by atoms with van der Waals surface area (Å²) in [5, 5.41) is 0.699. The number of fused-ring (bicyclic) bond motifs is 2. The first-order valence-electron chi connectivity index (χ1n) is 5.76. The Hall–Kier alpha value is -0.990. The van der Waals surface area contributed by atoms with Gasteiger partial charge in [0.05, 0.1) is 0 Å². The summed E-state index contributed by atoms with van der Waals surface area (Å²) in [7, 11) is 0. The molecule has 92 valence electrons. The molecule has 0 fully saturated rings. The van der Waals surface area contributed by atoms with Crippen LogP contribution in [0.5, 0.6) is 11.5 Å². The lowest BCUT2D eigenvalue weighted by Crippen LogP contribution is -2.24. The molecule has 1 aliphatic heterocycles. The van der Waals surface area contributed by atoms with E-state index in [1.807, 2.05) is 30.3 Å². The van der Waals surface area contributed by atoms with E-state index in [9.17, 15) is 0 Å². The van der Waals surface area contributed by atoms with Gasteiger partial charge in [0.1, 0.15) is 11.5 Å². The van der Waals surface area contributed by atoms with Crippen LogP contribution in [0.25, 0.3) is 0 Å². The van der Waals surface area contributed by atoms with Crippen molar-refractivity contribution >= 4 is 27.5 Å². The van der Waals surface area contributed by atoms with Crippen LogP contribution in [-0.4, -0.2) is 0 Å². The Bertz CT molecular complexity index is 634. The number of halogens is 2. The van der Waals surface area contributed by atoms with E-state index in [1.165, 1.54) is 5.56 Å². The van der Waals surface area contributed by atoms with E-state index < -0.39 is 0 Å². The highest BCUT2D eigenvalue weighted by molar-refractivity contribution is 9.10. The molecular formula is C15H12BrClO. The third-order valence-electron chi connectivity index (χ3n) is 3.45. The molecule has 1 heterocycles. The molecule has 0 radical (unpaired) electrons. The molecule has 3 heteroatoms. The second kappa shape index (κ2) is 4.01. The normalized spacial score (nSPS) is 15.6. The van der Waals surface area contributed by atoms with E-state index in [0.717, 1.165) is 21.5 Å². The number of ether oxygens (including phenoxy) is 1. The summed E-state index contributed by atoms with van der Waals surface area (Å²) in [5.41, 5.74) is 2.27. The van der Waals surface area contributed by atoms with Gasteiger partial charge < -0.3 is 4.74 Å². The Balaban J connectivity index is 2.26.